The van der Waals surface area contributed by atoms with E-state index in [1.165, 1.54) is 39.2 Å². The van der Waals surface area contributed by atoms with Gasteiger partial charge in [0.2, 0.25) is 0 Å². The van der Waals surface area contributed by atoms with Gasteiger partial charge in [-0.1, -0.05) is 45.4 Å². The van der Waals surface area contributed by atoms with E-state index in [1.807, 2.05) is 0 Å². The lowest BCUT2D eigenvalue weighted by molar-refractivity contribution is -0.141. The zero-order valence-electron chi connectivity index (χ0n) is 12.2. The van der Waals surface area contributed by atoms with Crippen molar-refractivity contribution in [2.75, 3.05) is 7.11 Å². The average molecular weight is 256 g/mol. The van der Waals surface area contributed by atoms with Crippen LogP contribution in [-0.2, 0) is 14.3 Å². The van der Waals surface area contributed by atoms with Gasteiger partial charge < -0.3 is 4.74 Å². The molecule has 0 aromatic carbocycles. The number of ether oxygens (including phenoxy) is 1. The van der Waals surface area contributed by atoms with E-state index in [9.17, 15) is 9.59 Å². The SMILES string of the molecule is CCCCCCCCC(CCC(=O)OC)C(C)=O. The molecule has 0 aliphatic carbocycles. The van der Waals surface area contributed by atoms with E-state index in [1.54, 1.807) is 6.92 Å². The number of carbonyl (C=O) groups excluding carboxylic acids is 2. The fourth-order valence-electron chi connectivity index (χ4n) is 2.12. The molecule has 106 valence electrons. The van der Waals surface area contributed by atoms with E-state index < -0.39 is 0 Å². The quantitative estimate of drug-likeness (QED) is 0.416. The first-order valence-corrected chi connectivity index (χ1v) is 7.19. The molecule has 0 aromatic heterocycles. The summed E-state index contributed by atoms with van der Waals surface area (Å²) in [7, 11) is 1.39. The molecule has 0 fully saturated rings. The summed E-state index contributed by atoms with van der Waals surface area (Å²) in [5, 5.41) is 0. The van der Waals surface area contributed by atoms with Gasteiger partial charge >= 0.3 is 5.97 Å². The van der Waals surface area contributed by atoms with Crippen molar-refractivity contribution in [2.45, 2.75) is 71.6 Å². The maximum atomic E-state index is 11.5. The highest BCUT2D eigenvalue weighted by molar-refractivity contribution is 5.79. The van der Waals surface area contributed by atoms with Crippen molar-refractivity contribution in [3.63, 3.8) is 0 Å². The lowest BCUT2D eigenvalue weighted by Gasteiger charge is -2.12. The Kier molecular flexibility index (Phi) is 10.7. The van der Waals surface area contributed by atoms with Crippen LogP contribution in [0.1, 0.15) is 71.6 Å². The van der Waals surface area contributed by atoms with Crippen molar-refractivity contribution in [3.05, 3.63) is 0 Å². The highest BCUT2D eigenvalue weighted by Gasteiger charge is 2.15. The van der Waals surface area contributed by atoms with Gasteiger partial charge in [0.1, 0.15) is 5.78 Å². The lowest BCUT2D eigenvalue weighted by Crippen LogP contribution is -2.13. The van der Waals surface area contributed by atoms with E-state index in [-0.39, 0.29) is 17.7 Å². The first-order valence-electron chi connectivity index (χ1n) is 7.19. The minimum absolute atomic E-state index is 0.0373. The molecule has 0 amide bonds. The summed E-state index contributed by atoms with van der Waals surface area (Å²) >= 11 is 0. The van der Waals surface area contributed by atoms with Crippen molar-refractivity contribution in [1.82, 2.24) is 0 Å². The Morgan fingerprint density at radius 3 is 2.17 bits per heavy atom. The van der Waals surface area contributed by atoms with Gasteiger partial charge in [0.15, 0.2) is 0 Å². The maximum Gasteiger partial charge on any atom is 0.305 e. The molecule has 18 heavy (non-hydrogen) atoms. The normalized spacial score (nSPS) is 12.2. The summed E-state index contributed by atoms with van der Waals surface area (Å²) in [5.41, 5.74) is 0. The second-order valence-electron chi connectivity index (χ2n) is 4.98. The average Bonchev–Trinajstić information content (AvgIpc) is 2.36. The van der Waals surface area contributed by atoms with E-state index in [0.29, 0.717) is 12.8 Å². The molecule has 0 radical (unpaired) electrons. The number of esters is 1. The summed E-state index contributed by atoms with van der Waals surface area (Å²) in [4.78, 5) is 22.5. The largest absolute Gasteiger partial charge is 0.469 e. The zero-order valence-corrected chi connectivity index (χ0v) is 12.2. The molecule has 0 saturated carbocycles. The minimum atomic E-state index is -0.218. The summed E-state index contributed by atoms with van der Waals surface area (Å²) in [5.74, 6) is 0.0203. The minimum Gasteiger partial charge on any atom is -0.469 e. The van der Waals surface area contributed by atoms with Crippen molar-refractivity contribution in [1.29, 1.82) is 0 Å². The molecule has 0 bridgehead atoms. The monoisotopic (exact) mass is 256 g/mol. The van der Waals surface area contributed by atoms with Gasteiger partial charge in [0.05, 0.1) is 7.11 Å². The molecule has 1 unspecified atom stereocenters. The van der Waals surface area contributed by atoms with Crippen LogP contribution in [0.25, 0.3) is 0 Å². The fourth-order valence-corrected chi connectivity index (χ4v) is 2.12. The molecule has 0 heterocycles. The van der Waals surface area contributed by atoms with Crippen LogP contribution in [0, 0.1) is 5.92 Å². The maximum absolute atomic E-state index is 11.5. The molecular weight excluding hydrogens is 228 g/mol. The Morgan fingerprint density at radius 2 is 1.61 bits per heavy atom. The Morgan fingerprint density at radius 1 is 1.00 bits per heavy atom. The Bertz CT molecular complexity index is 236. The van der Waals surface area contributed by atoms with Crippen molar-refractivity contribution in [3.8, 4) is 0 Å². The number of ketones is 1. The molecule has 0 aromatic rings. The van der Waals surface area contributed by atoms with E-state index >= 15 is 0 Å². The van der Waals surface area contributed by atoms with Crippen molar-refractivity contribution < 1.29 is 14.3 Å². The number of Topliss-reactive ketones (excluding diaryl/α,β-unsaturated/α-hetero) is 1. The third-order valence-corrected chi connectivity index (χ3v) is 3.41. The zero-order chi connectivity index (χ0) is 13.8. The first-order chi connectivity index (χ1) is 8.61. The highest BCUT2D eigenvalue weighted by atomic mass is 16.5. The Labute approximate surface area is 111 Å². The van der Waals surface area contributed by atoms with Crippen LogP contribution in [-0.4, -0.2) is 18.9 Å². The van der Waals surface area contributed by atoms with Gasteiger partial charge in [-0.3, -0.25) is 9.59 Å². The molecular formula is C15H28O3. The van der Waals surface area contributed by atoms with Crippen LogP contribution in [0.15, 0.2) is 0 Å². The second kappa shape index (κ2) is 11.2. The van der Waals surface area contributed by atoms with E-state index in [2.05, 4.69) is 11.7 Å². The number of hydrogen-bond acceptors (Lipinski definition) is 3. The standard InChI is InChI=1S/C15H28O3/c1-4-5-6-7-8-9-10-14(13(2)16)11-12-15(17)18-3/h14H,4-12H2,1-3H3. The number of rotatable bonds is 11. The lowest BCUT2D eigenvalue weighted by atomic mass is 9.92. The molecule has 0 spiro atoms. The third kappa shape index (κ3) is 9.20. The highest BCUT2D eigenvalue weighted by Crippen LogP contribution is 2.18. The summed E-state index contributed by atoms with van der Waals surface area (Å²) in [6.07, 6.45) is 9.32. The second-order valence-corrected chi connectivity index (χ2v) is 4.98. The van der Waals surface area contributed by atoms with Crippen LogP contribution in [0.5, 0.6) is 0 Å². The van der Waals surface area contributed by atoms with Gasteiger partial charge in [0, 0.05) is 12.3 Å². The summed E-state index contributed by atoms with van der Waals surface area (Å²) in [6.45, 7) is 3.83. The molecule has 1 atom stereocenters. The van der Waals surface area contributed by atoms with Gasteiger partial charge in [-0.25, -0.2) is 0 Å². The molecule has 3 heteroatoms. The number of unbranched alkanes of at least 4 members (excludes halogenated alkanes) is 5. The van der Waals surface area contributed by atoms with Crippen LogP contribution in [0.2, 0.25) is 0 Å². The van der Waals surface area contributed by atoms with E-state index in [4.69, 9.17) is 0 Å². The van der Waals surface area contributed by atoms with Crippen LogP contribution >= 0.6 is 0 Å². The third-order valence-electron chi connectivity index (χ3n) is 3.41. The topological polar surface area (TPSA) is 43.4 Å². The van der Waals surface area contributed by atoms with Gasteiger partial charge in [-0.05, 0) is 19.8 Å². The number of carbonyl (C=O) groups is 2. The van der Waals surface area contributed by atoms with Crippen molar-refractivity contribution in [2.24, 2.45) is 5.92 Å². The molecule has 0 aliphatic heterocycles. The summed E-state index contributed by atoms with van der Waals surface area (Å²) in [6, 6.07) is 0. The smallest absolute Gasteiger partial charge is 0.305 e. The Balaban J connectivity index is 3.70. The van der Waals surface area contributed by atoms with Crippen LogP contribution < -0.4 is 0 Å². The molecule has 0 rings (SSSR count). The predicted molar refractivity (Wildman–Crippen MR) is 73.4 cm³/mol. The molecule has 0 N–H and O–H groups in total. The van der Waals surface area contributed by atoms with Crippen molar-refractivity contribution >= 4 is 11.8 Å². The molecule has 3 nitrogen and oxygen atoms in total. The fraction of sp³-hybridized carbons (Fsp3) is 0.867. The molecule has 0 aliphatic rings. The van der Waals surface area contributed by atoms with Gasteiger partial charge in [0.25, 0.3) is 0 Å². The van der Waals surface area contributed by atoms with Gasteiger partial charge in [-0.2, -0.15) is 0 Å². The van der Waals surface area contributed by atoms with E-state index in [0.717, 1.165) is 12.8 Å². The predicted octanol–water partition coefficient (Wildman–Crippen LogP) is 3.90. The molecule has 0 saturated heterocycles. The Hall–Kier alpha value is -0.860. The van der Waals surface area contributed by atoms with Crippen LogP contribution in [0.3, 0.4) is 0 Å². The van der Waals surface area contributed by atoms with Gasteiger partial charge in [-0.15, -0.1) is 0 Å². The summed E-state index contributed by atoms with van der Waals surface area (Å²) < 4.78 is 4.60. The first kappa shape index (κ1) is 17.1. The van der Waals surface area contributed by atoms with Crippen LogP contribution in [0.4, 0.5) is 0 Å². The number of methoxy groups -OCH3 is 1. The number of hydrogen-bond donors (Lipinski definition) is 0.